The summed E-state index contributed by atoms with van der Waals surface area (Å²) in [5.41, 5.74) is -0.939. The largest absolute Gasteiger partial charge is 0.459 e. The van der Waals surface area contributed by atoms with Gasteiger partial charge in [-0.15, -0.1) is 0 Å². The fourth-order valence-corrected chi connectivity index (χ4v) is 3.26. The van der Waals surface area contributed by atoms with Crippen LogP contribution in [0, 0.1) is 11.8 Å². The number of esters is 1. The van der Waals surface area contributed by atoms with Gasteiger partial charge in [0.15, 0.2) is 0 Å². The normalized spacial score (nSPS) is 41.2. The summed E-state index contributed by atoms with van der Waals surface area (Å²) in [4.78, 5) is 11.5. The van der Waals surface area contributed by atoms with E-state index in [9.17, 15) is 9.90 Å². The Labute approximate surface area is 90.8 Å². The Bertz CT molecular complexity index is 279. The molecule has 0 aromatic heterocycles. The number of carbonyl (C=O) groups excluding carboxylic acids is 1. The Kier molecular flexibility index (Phi) is 2.34. The fourth-order valence-electron chi connectivity index (χ4n) is 3.26. The highest BCUT2D eigenvalue weighted by Gasteiger charge is 2.48. The van der Waals surface area contributed by atoms with Crippen LogP contribution in [0.1, 0.15) is 46.5 Å². The first-order chi connectivity index (χ1) is 6.80. The van der Waals surface area contributed by atoms with Crippen LogP contribution in [0.3, 0.4) is 0 Å². The molecule has 2 bridgehead atoms. The summed E-state index contributed by atoms with van der Waals surface area (Å²) in [6, 6.07) is 0. The molecule has 3 heteroatoms. The first-order valence-corrected chi connectivity index (χ1v) is 5.74. The van der Waals surface area contributed by atoms with Gasteiger partial charge in [0, 0.05) is 6.42 Å². The van der Waals surface area contributed by atoms with Gasteiger partial charge in [0.2, 0.25) is 0 Å². The quantitative estimate of drug-likeness (QED) is 0.675. The molecule has 0 radical (unpaired) electrons. The summed E-state index contributed by atoms with van der Waals surface area (Å²) in [7, 11) is 0. The number of hydrogen-bond donors (Lipinski definition) is 1. The van der Waals surface area contributed by atoms with E-state index in [1.54, 1.807) is 0 Å². The van der Waals surface area contributed by atoms with E-state index < -0.39 is 5.60 Å². The highest BCUT2D eigenvalue weighted by Crippen LogP contribution is 2.47. The lowest BCUT2D eigenvalue weighted by Gasteiger charge is -2.49. The Hall–Kier alpha value is -0.570. The van der Waals surface area contributed by atoms with Crippen LogP contribution >= 0.6 is 0 Å². The molecular weight excluding hydrogens is 192 g/mol. The highest BCUT2D eigenvalue weighted by atomic mass is 16.6. The van der Waals surface area contributed by atoms with Gasteiger partial charge in [-0.3, -0.25) is 4.79 Å². The predicted molar refractivity (Wildman–Crippen MR) is 56.2 cm³/mol. The highest BCUT2D eigenvalue weighted by molar-refractivity contribution is 5.71. The standard InChI is InChI=1S/C12H20O3/c1-11(2,14)9-4-5-12(3)7-8(9)6-10(13)15-12/h8-9,14H,4-7H2,1-3H3/t8-,9+,12+/m0/s1. The van der Waals surface area contributed by atoms with Crippen molar-refractivity contribution in [3.05, 3.63) is 0 Å². The lowest BCUT2D eigenvalue weighted by Crippen LogP contribution is -2.51. The monoisotopic (exact) mass is 212 g/mol. The summed E-state index contributed by atoms with van der Waals surface area (Å²) in [6.07, 6.45) is 3.22. The van der Waals surface area contributed by atoms with E-state index in [0.717, 1.165) is 19.3 Å². The number of rotatable bonds is 1. The molecule has 0 unspecified atom stereocenters. The molecule has 1 N–H and O–H groups in total. The number of fused-ring (bicyclic) bond motifs is 2. The van der Waals surface area contributed by atoms with Crippen LogP contribution in [0.25, 0.3) is 0 Å². The fraction of sp³-hybridized carbons (Fsp3) is 0.917. The molecule has 3 nitrogen and oxygen atoms in total. The van der Waals surface area contributed by atoms with Crippen LogP contribution in [0.5, 0.6) is 0 Å². The SMILES string of the molecule is CC(C)(O)[C@@H]1CC[C@]2(C)C[C@@H]1CC(=O)O2. The molecule has 1 saturated heterocycles. The van der Waals surface area contributed by atoms with E-state index >= 15 is 0 Å². The maximum Gasteiger partial charge on any atom is 0.306 e. The molecule has 0 aromatic rings. The average molecular weight is 212 g/mol. The Morgan fingerprint density at radius 2 is 2.20 bits per heavy atom. The van der Waals surface area contributed by atoms with Crippen LogP contribution in [0.15, 0.2) is 0 Å². The molecule has 0 spiro atoms. The van der Waals surface area contributed by atoms with Crippen LogP contribution < -0.4 is 0 Å². The number of hydrogen-bond acceptors (Lipinski definition) is 3. The maximum absolute atomic E-state index is 11.5. The van der Waals surface area contributed by atoms with Crippen molar-refractivity contribution in [2.75, 3.05) is 0 Å². The molecule has 1 saturated carbocycles. The molecule has 86 valence electrons. The van der Waals surface area contributed by atoms with Gasteiger partial charge in [-0.1, -0.05) is 0 Å². The van der Waals surface area contributed by atoms with Crippen LogP contribution in [-0.2, 0) is 9.53 Å². The first kappa shape index (κ1) is 10.9. The van der Waals surface area contributed by atoms with Crippen molar-refractivity contribution >= 4 is 5.97 Å². The molecule has 15 heavy (non-hydrogen) atoms. The summed E-state index contributed by atoms with van der Waals surface area (Å²) in [5.74, 6) is 0.436. The second-order valence-corrected chi connectivity index (χ2v) is 5.89. The van der Waals surface area contributed by atoms with E-state index in [1.165, 1.54) is 0 Å². The molecule has 2 aliphatic rings. The third-order valence-electron chi connectivity index (χ3n) is 3.94. The third-order valence-corrected chi connectivity index (χ3v) is 3.94. The summed E-state index contributed by atoms with van der Waals surface area (Å²) < 4.78 is 5.39. The predicted octanol–water partition coefficient (Wildman–Crippen LogP) is 1.88. The first-order valence-electron chi connectivity index (χ1n) is 5.74. The van der Waals surface area contributed by atoms with Crippen molar-refractivity contribution in [1.29, 1.82) is 0 Å². The summed E-state index contributed by atoms with van der Waals surface area (Å²) in [6.45, 7) is 5.71. The minimum absolute atomic E-state index is 0.0947. The molecule has 1 aliphatic heterocycles. The molecule has 1 heterocycles. The van der Waals surface area contributed by atoms with Gasteiger partial charge >= 0.3 is 5.97 Å². The minimum Gasteiger partial charge on any atom is -0.459 e. The second kappa shape index (κ2) is 3.21. The lowest BCUT2D eigenvalue weighted by atomic mass is 9.64. The Morgan fingerprint density at radius 1 is 1.53 bits per heavy atom. The maximum atomic E-state index is 11.5. The zero-order chi connectivity index (χ0) is 11.3. The van der Waals surface area contributed by atoms with Crippen molar-refractivity contribution < 1.29 is 14.6 Å². The Morgan fingerprint density at radius 3 is 2.80 bits per heavy atom. The van der Waals surface area contributed by atoms with Gasteiger partial charge in [-0.2, -0.15) is 0 Å². The summed E-state index contributed by atoms with van der Waals surface area (Å²) >= 11 is 0. The van der Waals surface area contributed by atoms with Gasteiger partial charge in [-0.25, -0.2) is 0 Å². The number of ether oxygens (including phenoxy) is 1. The smallest absolute Gasteiger partial charge is 0.306 e. The number of carbonyl (C=O) groups is 1. The van der Waals surface area contributed by atoms with Crippen LogP contribution in [0.4, 0.5) is 0 Å². The number of aliphatic hydroxyl groups is 1. The summed E-state index contributed by atoms with van der Waals surface area (Å²) in [5, 5.41) is 10.1. The average Bonchev–Trinajstić information content (AvgIpc) is 1.97. The van der Waals surface area contributed by atoms with Crippen molar-refractivity contribution in [3.8, 4) is 0 Å². The van der Waals surface area contributed by atoms with Gasteiger partial charge in [0.05, 0.1) is 5.60 Å². The van der Waals surface area contributed by atoms with E-state index in [1.807, 2.05) is 20.8 Å². The molecule has 2 fully saturated rings. The Balaban J connectivity index is 2.19. The van der Waals surface area contributed by atoms with Gasteiger partial charge in [-0.05, 0) is 51.9 Å². The molecule has 0 aromatic carbocycles. The van der Waals surface area contributed by atoms with Crippen molar-refractivity contribution in [1.82, 2.24) is 0 Å². The van der Waals surface area contributed by atoms with E-state index in [2.05, 4.69) is 0 Å². The van der Waals surface area contributed by atoms with Crippen LogP contribution in [0.2, 0.25) is 0 Å². The topological polar surface area (TPSA) is 46.5 Å². The lowest BCUT2D eigenvalue weighted by molar-refractivity contribution is -0.185. The third kappa shape index (κ3) is 2.03. The van der Waals surface area contributed by atoms with Crippen molar-refractivity contribution in [2.24, 2.45) is 11.8 Å². The van der Waals surface area contributed by atoms with Gasteiger partial charge in [0.25, 0.3) is 0 Å². The minimum atomic E-state index is -0.677. The van der Waals surface area contributed by atoms with Crippen molar-refractivity contribution in [2.45, 2.75) is 57.7 Å². The van der Waals surface area contributed by atoms with Crippen LogP contribution in [-0.4, -0.2) is 22.3 Å². The molecule has 1 aliphatic carbocycles. The van der Waals surface area contributed by atoms with E-state index in [0.29, 0.717) is 12.3 Å². The van der Waals surface area contributed by atoms with Crippen molar-refractivity contribution in [3.63, 3.8) is 0 Å². The zero-order valence-corrected chi connectivity index (χ0v) is 9.75. The molecule has 2 rings (SSSR count). The molecule has 3 atom stereocenters. The van der Waals surface area contributed by atoms with Gasteiger partial charge < -0.3 is 9.84 Å². The zero-order valence-electron chi connectivity index (χ0n) is 9.75. The van der Waals surface area contributed by atoms with E-state index in [-0.39, 0.29) is 17.5 Å². The molecule has 0 amide bonds. The van der Waals surface area contributed by atoms with E-state index in [4.69, 9.17) is 4.74 Å². The molecular formula is C12H20O3. The van der Waals surface area contributed by atoms with Gasteiger partial charge in [0.1, 0.15) is 5.60 Å². The second-order valence-electron chi connectivity index (χ2n) is 5.89.